The molecule has 7 nitrogen and oxygen atoms in total. The molecule has 0 aliphatic carbocycles. The molecule has 0 heterocycles. The summed E-state index contributed by atoms with van der Waals surface area (Å²) in [6.45, 7) is 4.18. The number of amides is 1. The van der Waals surface area contributed by atoms with Gasteiger partial charge in [0.2, 0.25) is 5.91 Å². The normalized spacial score (nSPS) is 14.0. The summed E-state index contributed by atoms with van der Waals surface area (Å²) in [5.74, 6) is -0.305. The first-order valence-corrected chi connectivity index (χ1v) is 7.30. The van der Waals surface area contributed by atoms with E-state index in [4.69, 9.17) is 15.7 Å². The largest absolute Gasteiger partial charge is 0.409 e. The average molecular weight is 303 g/mol. The van der Waals surface area contributed by atoms with Crippen LogP contribution in [0.3, 0.4) is 0 Å². The Morgan fingerprint density at radius 1 is 1.38 bits per heavy atom. The van der Waals surface area contributed by atoms with Gasteiger partial charge in [-0.15, -0.1) is 0 Å². The molecule has 124 valence electrons. The van der Waals surface area contributed by atoms with Crippen molar-refractivity contribution >= 4 is 11.7 Å². The number of nitrogens with two attached hydrogens (primary N) is 1. The summed E-state index contributed by atoms with van der Waals surface area (Å²) in [4.78, 5) is 14.2. The molecule has 0 fully saturated rings. The van der Waals surface area contributed by atoms with E-state index in [9.17, 15) is 9.90 Å². The topological polar surface area (TPSA) is 108 Å². The van der Waals surface area contributed by atoms with E-state index in [0.717, 1.165) is 12.8 Å². The Bertz CT molecular complexity index is 341. The Labute approximate surface area is 126 Å². The number of oxime groups is 1. The summed E-state index contributed by atoms with van der Waals surface area (Å²) in [6, 6.07) is 0. The summed E-state index contributed by atoms with van der Waals surface area (Å²) >= 11 is 0. The SMILES string of the molecule is CCCC(CCC)(C(=O)N(C)CC(O)COC)C(N)=NO. The van der Waals surface area contributed by atoms with Crippen LogP contribution in [0.1, 0.15) is 39.5 Å². The lowest BCUT2D eigenvalue weighted by Crippen LogP contribution is -2.52. The lowest BCUT2D eigenvalue weighted by Gasteiger charge is -2.35. The van der Waals surface area contributed by atoms with Crippen molar-refractivity contribution in [2.75, 3.05) is 27.3 Å². The molecule has 0 rings (SSSR count). The lowest BCUT2D eigenvalue weighted by molar-refractivity contribution is -0.139. The van der Waals surface area contributed by atoms with Crippen molar-refractivity contribution in [1.82, 2.24) is 4.90 Å². The minimum absolute atomic E-state index is 0.0655. The van der Waals surface area contributed by atoms with E-state index in [1.54, 1.807) is 7.05 Å². The smallest absolute Gasteiger partial charge is 0.236 e. The molecule has 7 heteroatoms. The molecular formula is C14H29N3O4. The van der Waals surface area contributed by atoms with Crippen LogP contribution in [0, 0.1) is 5.41 Å². The van der Waals surface area contributed by atoms with E-state index >= 15 is 0 Å². The predicted octanol–water partition coefficient (Wildman–Crippen LogP) is 0.785. The number of rotatable bonds is 10. The Morgan fingerprint density at radius 2 is 1.90 bits per heavy atom. The first-order chi connectivity index (χ1) is 9.89. The van der Waals surface area contributed by atoms with Crippen molar-refractivity contribution in [3.8, 4) is 0 Å². The van der Waals surface area contributed by atoms with Gasteiger partial charge in [0.15, 0.2) is 5.84 Å². The van der Waals surface area contributed by atoms with E-state index in [0.29, 0.717) is 12.8 Å². The van der Waals surface area contributed by atoms with Gasteiger partial charge in [0, 0.05) is 20.7 Å². The zero-order valence-electron chi connectivity index (χ0n) is 13.5. The Hall–Kier alpha value is -1.34. The highest BCUT2D eigenvalue weighted by molar-refractivity contribution is 6.06. The van der Waals surface area contributed by atoms with Gasteiger partial charge in [-0.1, -0.05) is 31.8 Å². The summed E-state index contributed by atoms with van der Waals surface area (Å²) in [7, 11) is 3.09. The third kappa shape index (κ3) is 5.17. The second-order valence-electron chi connectivity index (χ2n) is 5.36. The Kier molecular flexibility index (Phi) is 8.96. The van der Waals surface area contributed by atoms with Crippen molar-refractivity contribution in [3.05, 3.63) is 0 Å². The summed E-state index contributed by atoms with van der Waals surface area (Å²) in [5, 5.41) is 21.9. The molecule has 21 heavy (non-hydrogen) atoms. The van der Waals surface area contributed by atoms with Crippen molar-refractivity contribution in [2.24, 2.45) is 16.3 Å². The molecule has 0 saturated heterocycles. The number of likely N-dealkylation sites (N-methyl/N-ethyl adjacent to an activating group) is 1. The number of carbonyl (C=O) groups excluding carboxylic acids is 1. The highest BCUT2D eigenvalue weighted by atomic mass is 16.5. The van der Waals surface area contributed by atoms with Gasteiger partial charge in [0.1, 0.15) is 5.41 Å². The number of amidine groups is 1. The summed E-state index contributed by atoms with van der Waals surface area (Å²) in [5.41, 5.74) is 4.80. The molecule has 0 aliphatic rings. The molecule has 0 spiro atoms. The molecule has 0 aromatic rings. The fourth-order valence-electron chi connectivity index (χ4n) is 2.66. The highest BCUT2D eigenvalue weighted by Gasteiger charge is 2.43. The van der Waals surface area contributed by atoms with Gasteiger partial charge in [0.05, 0.1) is 12.7 Å². The number of methoxy groups -OCH3 is 1. The maximum Gasteiger partial charge on any atom is 0.236 e. The minimum Gasteiger partial charge on any atom is -0.409 e. The molecule has 0 radical (unpaired) electrons. The average Bonchev–Trinajstić information content (AvgIpc) is 2.45. The molecular weight excluding hydrogens is 274 g/mol. The number of carbonyl (C=O) groups is 1. The third-order valence-corrected chi connectivity index (χ3v) is 3.55. The van der Waals surface area contributed by atoms with Crippen LogP contribution in [0.4, 0.5) is 0 Å². The second-order valence-corrected chi connectivity index (χ2v) is 5.36. The van der Waals surface area contributed by atoms with Crippen LogP contribution in [-0.4, -0.2) is 60.4 Å². The lowest BCUT2D eigenvalue weighted by atomic mass is 9.76. The van der Waals surface area contributed by atoms with Crippen LogP contribution in [0.5, 0.6) is 0 Å². The van der Waals surface area contributed by atoms with E-state index in [-0.39, 0.29) is 24.9 Å². The second kappa shape index (κ2) is 9.57. The fourth-order valence-corrected chi connectivity index (χ4v) is 2.66. The molecule has 0 aromatic heterocycles. The summed E-state index contributed by atoms with van der Waals surface area (Å²) < 4.78 is 4.86. The number of nitrogens with zero attached hydrogens (tertiary/aromatic N) is 2. The zero-order chi connectivity index (χ0) is 16.5. The maximum atomic E-state index is 12.8. The number of aliphatic hydroxyl groups excluding tert-OH is 1. The van der Waals surface area contributed by atoms with Gasteiger partial charge in [0.25, 0.3) is 0 Å². The third-order valence-electron chi connectivity index (χ3n) is 3.55. The van der Waals surface area contributed by atoms with Gasteiger partial charge in [-0.25, -0.2) is 0 Å². The molecule has 1 unspecified atom stereocenters. The maximum absolute atomic E-state index is 12.8. The van der Waals surface area contributed by atoms with Crippen LogP contribution in [0.15, 0.2) is 5.16 Å². The van der Waals surface area contributed by atoms with Crippen LogP contribution in [0.2, 0.25) is 0 Å². The van der Waals surface area contributed by atoms with Gasteiger partial charge < -0.3 is 25.7 Å². The number of hydrogen-bond acceptors (Lipinski definition) is 5. The highest BCUT2D eigenvalue weighted by Crippen LogP contribution is 2.32. The van der Waals surface area contributed by atoms with Gasteiger partial charge in [-0.05, 0) is 12.8 Å². The minimum atomic E-state index is -1.01. The summed E-state index contributed by atoms with van der Waals surface area (Å²) in [6.07, 6.45) is 1.70. The van der Waals surface area contributed by atoms with Crippen molar-refractivity contribution in [2.45, 2.75) is 45.6 Å². The van der Waals surface area contributed by atoms with Gasteiger partial charge in [-0.2, -0.15) is 0 Å². The first-order valence-electron chi connectivity index (χ1n) is 7.30. The quantitative estimate of drug-likeness (QED) is 0.239. The molecule has 0 aromatic carbocycles. The van der Waals surface area contributed by atoms with Gasteiger partial charge >= 0.3 is 0 Å². The molecule has 4 N–H and O–H groups in total. The standard InChI is InChI=1S/C14H29N3O4/c1-5-7-14(8-6-2,12(15)16-20)13(19)17(3)9-11(18)10-21-4/h11,18,20H,5-10H2,1-4H3,(H2,15,16). The fraction of sp³-hybridized carbons (Fsp3) is 0.857. The predicted molar refractivity (Wildman–Crippen MR) is 81.2 cm³/mol. The van der Waals surface area contributed by atoms with Crippen LogP contribution in [-0.2, 0) is 9.53 Å². The van der Waals surface area contributed by atoms with Gasteiger partial charge in [-0.3, -0.25) is 4.79 Å². The Morgan fingerprint density at radius 3 is 2.29 bits per heavy atom. The zero-order valence-corrected chi connectivity index (χ0v) is 13.5. The molecule has 0 aliphatic heterocycles. The van der Waals surface area contributed by atoms with Crippen LogP contribution >= 0.6 is 0 Å². The van der Waals surface area contributed by atoms with Crippen LogP contribution < -0.4 is 5.73 Å². The number of ether oxygens (including phenoxy) is 1. The molecule has 1 amide bonds. The number of hydrogen-bond donors (Lipinski definition) is 3. The van der Waals surface area contributed by atoms with Crippen molar-refractivity contribution in [1.29, 1.82) is 0 Å². The Balaban J connectivity index is 5.26. The van der Waals surface area contributed by atoms with Crippen LogP contribution in [0.25, 0.3) is 0 Å². The number of aliphatic hydroxyl groups is 1. The first kappa shape index (κ1) is 19.7. The molecule has 0 saturated carbocycles. The molecule has 1 atom stereocenters. The van der Waals surface area contributed by atoms with E-state index in [2.05, 4.69) is 5.16 Å². The van der Waals surface area contributed by atoms with E-state index in [1.807, 2.05) is 13.8 Å². The monoisotopic (exact) mass is 303 g/mol. The molecule has 0 bridgehead atoms. The van der Waals surface area contributed by atoms with Crippen molar-refractivity contribution in [3.63, 3.8) is 0 Å². The van der Waals surface area contributed by atoms with Crippen molar-refractivity contribution < 1.29 is 19.8 Å². The van der Waals surface area contributed by atoms with E-state index in [1.165, 1.54) is 12.0 Å². The van der Waals surface area contributed by atoms with E-state index < -0.39 is 11.5 Å².